The fourth-order valence-corrected chi connectivity index (χ4v) is 4.81. The first kappa shape index (κ1) is 31.1. The number of hydrogen-bond acceptors (Lipinski definition) is 6. The molecule has 2 aliphatic heterocycles. The van der Waals surface area contributed by atoms with Crippen LogP contribution in [-0.4, -0.2) is 98.7 Å². The van der Waals surface area contributed by atoms with Crippen LogP contribution in [0.25, 0.3) is 0 Å². The number of hydrogen-bond donors (Lipinski definition) is 1. The molecule has 2 heterocycles. The molecule has 1 amide bonds. The summed E-state index contributed by atoms with van der Waals surface area (Å²) in [6, 6.07) is 3.90. The second-order valence-corrected chi connectivity index (χ2v) is 10.3. The zero-order valence-electron chi connectivity index (χ0n) is 24.8. The fraction of sp³-hybridized carbons (Fsp3) is 0.516. The predicted octanol–water partition coefficient (Wildman–Crippen LogP) is 4.52. The Morgan fingerprint density at radius 2 is 2.00 bits per heavy atom. The van der Waals surface area contributed by atoms with E-state index in [1.807, 2.05) is 38.1 Å². The summed E-state index contributed by atoms with van der Waals surface area (Å²) >= 11 is 0. The molecule has 0 bridgehead atoms. The number of piperidine rings is 1. The Hall–Kier alpha value is -3.46. The summed E-state index contributed by atoms with van der Waals surface area (Å²) < 4.78 is 20.1. The second kappa shape index (κ2) is 15.4. The van der Waals surface area contributed by atoms with Gasteiger partial charge in [0.1, 0.15) is 24.0 Å². The molecule has 2 fully saturated rings. The fourth-order valence-electron chi connectivity index (χ4n) is 4.81. The highest BCUT2D eigenvalue weighted by Crippen LogP contribution is 2.27. The molecule has 0 spiro atoms. The maximum absolute atomic E-state index is 14.3. The van der Waals surface area contributed by atoms with Crippen LogP contribution in [0.5, 0.6) is 5.75 Å². The Morgan fingerprint density at radius 1 is 1.23 bits per heavy atom. The van der Waals surface area contributed by atoms with Gasteiger partial charge in [-0.1, -0.05) is 6.08 Å². The van der Waals surface area contributed by atoms with Gasteiger partial charge in [-0.15, -0.1) is 6.58 Å². The minimum Gasteiger partial charge on any atom is -0.491 e. The lowest BCUT2D eigenvalue weighted by Gasteiger charge is -2.36. The van der Waals surface area contributed by atoms with E-state index in [-0.39, 0.29) is 17.5 Å². The molecule has 0 saturated carbocycles. The van der Waals surface area contributed by atoms with Crippen molar-refractivity contribution < 1.29 is 13.9 Å². The standard InChI is InChI=1S/C31H45FN6O2/c1-7-15-36(6)24(3)21-30(37-16-10-17-37)35-23(2)20-27(34-5)28-11-8-9-18-38(28)31(39)26-22-25(32)12-13-29(26)40-19-14-33-4/h7,12-13,20-22,28,33H,1,8-11,14-19H2,2-6H3/b23-20+,24-21+,34-27?,35-30-. The van der Waals surface area contributed by atoms with Crippen molar-refractivity contribution in [2.45, 2.75) is 45.6 Å². The highest BCUT2D eigenvalue weighted by atomic mass is 19.1. The first-order valence-corrected chi connectivity index (χ1v) is 14.2. The van der Waals surface area contributed by atoms with Gasteiger partial charge < -0.3 is 24.8 Å². The summed E-state index contributed by atoms with van der Waals surface area (Å²) in [7, 11) is 5.62. The van der Waals surface area contributed by atoms with E-state index in [0.29, 0.717) is 25.4 Å². The summed E-state index contributed by atoms with van der Waals surface area (Å²) in [5.74, 6) is 0.598. The third-order valence-corrected chi connectivity index (χ3v) is 7.32. The van der Waals surface area contributed by atoms with E-state index in [4.69, 9.17) is 9.73 Å². The highest BCUT2D eigenvalue weighted by Gasteiger charge is 2.32. The summed E-state index contributed by atoms with van der Waals surface area (Å²) in [6.07, 6.45) is 9.76. The molecule has 218 valence electrons. The van der Waals surface area contributed by atoms with Crippen molar-refractivity contribution in [1.29, 1.82) is 0 Å². The van der Waals surface area contributed by atoms with Crippen LogP contribution in [0.3, 0.4) is 0 Å². The number of amides is 1. The van der Waals surface area contributed by atoms with E-state index in [1.54, 1.807) is 7.05 Å². The third-order valence-electron chi connectivity index (χ3n) is 7.32. The normalized spacial score (nSPS) is 18.9. The van der Waals surface area contributed by atoms with Crippen LogP contribution in [0.2, 0.25) is 0 Å². The molecule has 0 aromatic heterocycles. The average molecular weight is 553 g/mol. The maximum atomic E-state index is 14.3. The number of ether oxygens (including phenoxy) is 1. The number of nitrogens with one attached hydrogen (secondary N) is 1. The van der Waals surface area contributed by atoms with Crippen LogP contribution in [0.15, 0.2) is 64.4 Å². The van der Waals surface area contributed by atoms with Crippen molar-refractivity contribution in [2.24, 2.45) is 9.98 Å². The van der Waals surface area contributed by atoms with Gasteiger partial charge in [-0.05, 0) is 76.9 Å². The van der Waals surface area contributed by atoms with Crippen molar-refractivity contribution in [2.75, 3.05) is 60.5 Å². The number of benzene rings is 1. The maximum Gasteiger partial charge on any atom is 0.258 e. The lowest BCUT2D eigenvalue weighted by molar-refractivity contribution is 0.0676. The number of nitrogens with zero attached hydrogens (tertiary/aromatic N) is 5. The monoisotopic (exact) mass is 552 g/mol. The quantitative estimate of drug-likeness (QED) is 0.179. The molecule has 0 radical (unpaired) electrons. The number of halogens is 1. The van der Waals surface area contributed by atoms with Gasteiger partial charge in [-0.25, -0.2) is 9.38 Å². The Labute approximate surface area is 239 Å². The van der Waals surface area contributed by atoms with Crippen molar-refractivity contribution >= 4 is 17.5 Å². The topological polar surface area (TPSA) is 72.8 Å². The van der Waals surface area contributed by atoms with Crippen molar-refractivity contribution in [3.8, 4) is 5.75 Å². The van der Waals surface area contributed by atoms with E-state index >= 15 is 0 Å². The lowest BCUT2D eigenvalue weighted by atomic mass is 9.96. The molecule has 1 N–H and O–H groups in total. The summed E-state index contributed by atoms with van der Waals surface area (Å²) in [4.78, 5) is 29.6. The van der Waals surface area contributed by atoms with Gasteiger partial charge in [-0.3, -0.25) is 9.79 Å². The number of rotatable bonds is 12. The molecule has 3 rings (SSSR count). The van der Waals surface area contributed by atoms with Crippen LogP contribution >= 0.6 is 0 Å². The molecule has 1 unspecified atom stereocenters. The molecular formula is C31H45FN6O2. The number of allylic oxidation sites excluding steroid dienone is 2. The first-order chi connectivity index (χ1) is 19.3. The zero-order valence-corrected chi connectivity index (χ0v) is 24.8. The van der Waals surface area contributed by atoms with E-state index < -0.39 is 5.82 Å². The summed E-state index contributed by atoms with van der Waals surface area (Å²) in [6.45, 7) is 12.2. The molecule has 1 atom stereocenters. The van der Waals surface area contributed by atoms with E-state index in [0.717, 1.165) is 68.3 Å². The van der Waals surface area contributed by atoms with Crippen LogP contribution in [0.1, 0.15) is 49.9 Å². The van der Waals surface area contributed by atoms with Crippen LogP contribution in [0.4, 0.5) is 4.39 Å². The minimum absolute atomic E-state index is 0.228. The van der Waals surface area contributed by atoms with Crippen molar-refractivity contribution in [3.63, 3.8) is 0 Å². The van der Waals surface area contributed by atoms with Gasteiger partial charge in [0.05, 0.1) is 17.3 Å². The van der Waals surface area contributed by atoms with Crippen LogP contribution in [0, 0.1) is 5.82 Å². The van der Waals surface area contributed by atoms with Crippen LogP contribution in [-0.2, 0) is 0 Å². The SMILES string of the molecule is C=CCN(C)/C(C)=C/C(=N/C(C)=C/C(=NC)C1CCCCN1C(=O)c1cc(F)ccc1OCCNC)N1CCC1. The number of amidine groups is 1. The zero-order chi connectivity index (χ0) is 29.1. The van der Waals surface area contributed by atoms with Gasteiger partial charge in [0.25, 0.3) is 5.91 Å². The van der Waals surface area contributed by atoms with E-state index in [2.05, 4.69) is 39.7 Å². The molecule has 9 heteroatoms. The van der Waals surface area contributed by atoms with E-state index in [1.165, 1.54) is 18.2 Å². The van der Waals surface area contributed by atoms with Crippen molar-refractivity contribution in [3.05, 3.63) is 65.8 Å². The smallest absolute Gasteiger partial charge is 0.258 e. The van der Waals surface area contributed by atoms with Gasteiger partial charge in [0.2, 0.25) is 0 Å². The Balaban J connectivity index is 1.89. The Morgan fingerprint density at radius 3 is 2.65 bits per heavy atom. The van der Waals surface area contributed by atoms with Gasteiger partial charge >= 0.3 is 0 Å². The molecule has 2 saturated heterocycles. The molecule has 2 aliphatic rings. The van der Waals surface area contributed by atoms with Gasteiger partial charge in [0, 0.05) is 58.2 Å². The summed E-state index contributed by atoms with van der Waals surface area (Å²) in [5, 5.41) is 3.02. The Kier molecular flexibility index (Phi) is 11.9. The first-order valence-electron chi connectivity index (χ1n) is 14.2. The molecule has 8 nitrogen and oxygen atoms in total. The van der Waals surface area contributed by atoms with Crippen molar-refractivity contribution in [1.82, 2.24) is 20.0 Å². The van der Waals surface area contributed by atoms with Gasteiger partial charge in [0.15, 0.2) is 0 Å². The molecule has 1 aromatic carbocycles. The minimum atomic E-state index is -0.465. The van der Waals surface area contributed by atoms with E-state index in [9.17, 15) is 9.18 Å². The third kappa shape index (κ3) is 8.27. The molecule has 0 aliphatic carbocycles. The number of carbonyl (C=O) groups excluding carboxylic acids is 1. The predicted molar refractivity (Wildman–Crippen MR) is 162 cm³/mol. The van der Waals surface area contributed by atoms with Crippen LogP contribution < -0.4 is 10.1 Å². The lowest BCUT2D eigenvalue weighted by Crippen LogP contribution is -2.47. The molecule has 1 aromatic rings. The highest BCUT2D eigenvalue weighted by molar-refractivity contribution is 6.05. The molecule has 40 heavy (non-hydrogen) atoms. The number of likely N-dealkylation sites (tertiary alicyclic amines) is 2. The second-order valence-electron chi connectivity index (χ2n) is 10.3. The average Bonchev–Trinajstić information content (AvgIpc) is 2.91. The summed E-state index contributed by atoms with van der Waals surface area (Å²) in [5.41, 5.74) is 2.95. The molecular weight excluding hydrogens is 507 g/mol. The number of likely N-dealkylation sites (N-methyl/N-ethyl adjacent to an activating group) is 2. The Bertz CT molecular complexity index is 1150. The van der Waals surface area contributed by atoms with Gasteiger partial charge in [-0.2, -0.15) is 0 Å². The number of aliphatic imine (C=N–C) groups is 2. The number of carbonyl (C=O) groups is 1. The largest absolute Gasteiger partial charge is 0.491 e.